The van der Waals surface area contributed by atoms with E-state index in [1.54, 1.807) is 0 Å². The summed E-state index contributed by atoms with van der Waals surface area (Å²) in [6, 6.07) is 0. The van der Waals surface area contributed by atoms with Crippen molar-refractivity contribution in [3.63, 3.8) is 0 Å². The third-order valence-corrected chi connectivity index (χ3v) is 14.5. The highest BCUT2D eigenvalue weighted by molar-refractivity contribution is 7.47. The molecule has 0 saturated carbocycles. The minimum Gasteiger partial charge on any atom is -0.462 e. The number of hydrogen-bond donors (Lipinski definition) is 2. The van der Waals surface area contributed by atoms with Gasteiger partial charge >= 0.3 is 19.8 Å². The fourth-order valence-corrected chi connectivity index (χ4v) is 9.88. The molecule has 0 fully saturated rings. The highest BCUT2D eigenvalue weighted by atomic mass is 31.2. The molecule has 0 saturated heterocycles. The highest BCUT2D eigenvalue weighted by Gasteiger charge is 2.26. The zero-order chi connectivity index (χ0) is 48.8. The lowest BCUT2D eigenvalue weighted by Crippen LogP contribution is -2.29. The lowest BCUT2D eigenvalue weighted by Gasteiger charge is -2.19. The molecular weight excluding hydrogens is 858 g/mol. The first kappa shape index (κ1) is 66.0. The molecule has 0 heterocycles. The molecule has 0 rings (SSSR count). The zero-order valence-corrected chi connectivity index (χ0v) is 45.6. The quantitative estimate of drug-likeness (QED) is 0.0347. The van der Waals surface area contributed by atoms with Crippen molar-refractivity contribution in [2.45, 2.75) is 328 Å². The first-order chi connectivity index (χ1) is 32.8. The van der Waals surface area contributed by atoms with Crippen molar-refractivity contribution in [3.05, 3.63) is 0 Å². The molecule has 3 N–H and O–H groups in total. The number of nitrogens with two attached hydrogens (primary N) is 1. The van der Waals surface area contributed by atoms with Gasteiger partial charge in [0.2, 0.25) is 0 Å². The molecule has 0 aromatic carbocycles. The molecule has 0 aliphatic carbocycles. The van der Waals surface area contributed by atoms with Gasteiger partial charge in [0.05, 0.1) is 13.2 Å². The zero-order valence-electron chi connectivity index (χ0n) is 44.7. The van der Waals surface area contributed by atoms with Gasteiger partial charge in [-0.2, -0.15) is 0 Å². The molecule has 0 aromatic rings. The second-order valence-corrected chi connectivity index (χ2v) is 21.7. The summed E-state index contributed by atoms with van der Waals surface area (Å²) in [5.41, 5.74) is 5.38. The summed E-state index contributed by atoms with van der Waals surface area (Å²) in [4.78, 5) is 35.2. The van der Waals surface area contributed by atoms with Gasteiger partial charge in [-0.25, -0.2) is 4.57 Å². The van der Waals surface area contributed by atoms with Crippen LogP contribution >= 0.6 is 7.82 Å². The normalized spacial score (nSPS) is 13.0. The molecular formula is C57H114NO8P. The summed E-state index contributed by atoms with van der Waals surface area (Å²) in [6.45, 7) is 3.83. The smallest absolute Gasteiger partial charge is 0.462 e. The summed E-state index contributed by atoms with van der Waals surface area (Å²) in [5.74, 6) is -0.802. The summed E-state index contributed by atoms with van der Waals surface area (Å²) in [6.07, 6.45) is 60.2. The Labute approximate surface area is 416 Å². The van der Waals surface area contributed by atoms with Crippen LogP contribution in [0.1, 0.15) is 322 Å². The van der Waals surface area contributed by atoms with Crippen LogP contribution in [0, 0.1) is 0 Å². The lowest BCUT2D eigenvalue weighted by atomic mass is 10.0. The Morgan fingerprint density at radius 2 is 0.642 bits per heavy atom. The summed E-state index contributed by atoms with van der Waals surface area (Å²) >= 11 is 0. The van der Waals surface area contributed by atoms with Gasteiger partial charge in [0, 0.05) is 19.4 Å². The molecule has 0 spiro atoms. The Balaban J connectivity index is 3.89. The number of esters is 2. The van der Waals surface area contributed by atoms with E-state index >= 15 is 0 Å². The molecule has 10 heteroatoms. The maximum Gasteiger partial charge on any atom is 0.472 e. The van der Waals surface area contributed by atoms with Crippen molar-refractivity contribution in [1.82, 2.24) is 0 Å². The third kappa shape index (κ3) is 54.2. The SMILES string of the molecule is CCCCCCCCCCCCCCCCCCCCCCCCCCCCC(=O)OC(COC(=O)CCCCCCCCCCCCCCCCCCCCCC)COP(=O)(O)OCCN. The fourth-order valence-electron chi connectivity index (χ4n) is 9.11. The number of ether oxygens (including phenoxy) is 2. The van der Waals surface area contributed by atoms with Gasteiger partial charge in [-0.1, -0.05) is 296 Å². The molecule has 0 aliphatic heterocycles. The molecule has 0 bridgehead atoms. The van der Waals surface area contributed by atoms with Gasteiger partial charge in [-0.05, 0) is 12.8 Å². The van der Waals surface area contributed by atoms with Crippen LogP contribution in [0.5, 0.6) is 0 Å². The van der Waals surface area contributed by atoms with Crippen LogP contribution in [0.3, 0.4) is 0 Å². The molecule has 9 nitrogen and oxygen atoms in total. The molecule has 0 aromatic heterocycles. The molecule has 0 aliphatic rings. The van der Waals surface area contributed by atoms with E-state index in [0.29, 0.717) is 6.42 Å². The van der Waals surface area contributed by atoms with Crippen LogP contribution in [0.2, 0.25) is 0 Å². The topological polar surface area (TPSA) is 134 Å². The highest BCUT2D eigenvalue weighted by Crippen LogP contribution is 2.43. The van der Waals surface area contributed by atoms with Crippen LogP contribution in [0.4, 0.5) is 0 Å². The van der Waals surface area contributed by atoms with Gasteiger partial charge in [-0.3, -0.25) is 18.6 Å². The number of carbonyl (C=O) groups excluding carboxylic acids is 2. The molecule has 2 atom stereocenters. The van der Waals surface area contributed by atoms with E-state index in [1.807, 2.05) is 0 Å². The van der Waals surface area contributed by atoms with E-state index in [4.69, 9.17) is 24.3 Å². The lowest BCUT2D eigenvalue weighted by molar-refractivity contribution is -0.161. The largest absolute Gasteiger partial charge is 0.472 e. The average molecular weight is 973 g/mol. The van der Waals surface area contributed by atoms with Crippen LogP contribution in [0.15, 0.2) is 0 Å². The van der Waals surface area contributed by atoms with Crippen molar-refractivity contribution < 1.29 is 37.6 Å². The molecule has 0 radical (unpaired) electrons. The van der Waals surface area contributed by atoms with Gasteiger partial charge in [0.15, 0.2) is 6.10 Å². The van der Waals surface area contributed by atoms with Crippen molar-refractivity contribution in [2.75, 3.05) is 26.4 Å². The Bertz CT molecular complexity index is 1060. The first-order valence-electron chi connectivity index (χ1n) is 29.5. The minimum atomic E-state index is -4.38. The Morgan fingerprint density at radius 3 is 0.910 bits per heavy atom. The van der Waals surface area contributed by atoms with Crippen LogP contribution < -0.4 is 5.73 Å². The predicted molar refractivity (Wildman–Crippen MR) is 285 cm³/mol. The molecule has 2 unspecified atom stereocenters. The fraction of sp³-hybridized carbons (Fsp3) is 0.965. The van der Waals surface area contributed by atoms with E-state index in [-0.39, 0.29) is 38.6 Å². The maximum absolute atomic E-state index is 12.7. The Kier molecular flexibility index (Phi) is 53.5. The molecule has 400 valence electrons. The van der Waals surface area contributed by atoms with Crippen LogP contribution in [-0.4, -0.2) is 49.3 Å². The van der Waals surface area contributed by atoms with E-state index in [9.17, 15) is 19.0 Å². The number of phosphoric ester groups is 1. The summed E-state index contributed by atoms with van der Waals surface area (Å²) in [7, 11) is -4.38. The standard InChI is InChI=1S/C57H114NO8P/c1-3-5-7-9-11-13-15-17-19-21-23-25-26-27-28-29-30-32-34-36-38-40-42-44-46-48-50-57(60)66-55(54-65-67(61,62)64-52-51-58)53-63-56(59)49-47-45-43-41-39-37-35-33-31-24-22-20-18-16-14-12-10-8-6-4-2/h55H,3-54,58H2,1-2H3,(H,61,62). The minimum absolute atomic E-state index is 0.0586. The van der Waals surface area contributed by atoms with Gasteiger partial charge in [-0.15, -0.1) is 0 Å². The van der Waals surface area contributed by atoms with E-state index in [0.717, 1.165) is 32.1 Å². The van der Waals surface area contributed by atoms with Gasteiger partial charge < -0.3 is 20.1 Å². The second-order valence-electron chi connectivity index (χ2n) is 20.2. The Morgan fingerprint density at radius 1 is 0.388 bits per heavy atom. The summed E-state index contributed by atoms with van der Waals surface area (Å²) < 4.78 is 33.1. The van der Waals surface area contributed by atoms with Crippen LogP contribution in [0.25, 0.3) is 0 Å². The average Bonchev–Trinajstić information content (AvgIpc) is 3.32. The number of carbonyl (C=O) groups is 2. The van der Waals surface area contributed by atoms with Crippen molar-refractivity contribution in [3.8, 4) is 0 Å². The summed E-state index contributed by atoms with van der Waals surface area (Å²) in [5, 5.41) is 0. The van der Waals surface area contributed by atoms with Crippen LogP contribution in [-0.2, 0) is 32.7 Å². The number of rotatable bonds is 57. The molecule has 0 amide bonds. The second kappa shape index (κ2) is 54.3. The van der Waals surface area contributed by atoms with Gasteiger partial charge in [0.25, 0.3) is 0 Å². The first-order valence-corrected chi connectivity index (χ1v) is 31.0. The van der Waals surface area contributed by atoms with Crippen molar-refractivity contribution in [1.29, 1.82) is 0 Å². The van der Waals surface area contributed by atoms with E-state index in [2.05, 4.69) is 13.8 Å². The number of hydrogen-bond acceptors (Lipinski definition) is 8. The Hall–Kier alpha value is -0.990. The van der Waals surface area contributed by atoms with E-state index in [1.165, 1.54) is 257 Å². The third-order valence-electron chi connectivity index (χ3n) is 13.5. The predicted octanol–water partition coefficient (Wildman–Crippen LogP) is 18.3. The maximum atomic E-state index is 12.7. The van der Waals surface area contributed by atoms with Gasteiger partial charge in [0.1, 0.15) is 6.61 Å². The van der Waals surface area contributed by atoms with Crippen molar-refractivity contribution in [2.24, 2.45) is 5.73 Å². The van der Waals surface area contributed by atoms with E-state index < -0.39 is 26.5 Å². The number of phosphoric acid groups is 1. The monoisotopic (exact) mass is 972 g/mol. The molecule has 67 heavy (non-hydrogen) atoms. The number of unbranched alkanes of at least 4 members (excludes halogenated alkanes) is 44. The van der Waals surface area contributed by atoms with Crippen molar-refractivity contribution >= 4 is 19.8 Å².